The molecule has 6 aromatic carbocycles. The van der Waals surface area contributed by atoms with Gasteiger partial charge in [-0.05, 0) is 33.4 Å². The van der Waals surface area contributed by atoms with E-state index in [-0.39, 0.29) is 0 Å². The van der Waals surface area contributed by atoms with Crippen LogP contribution in [0.1, 0.15) is 51.1 Å². The van der Waals surface area contributed by atoms with Crippen LogP contribution in [0.3, 0.4) is 0 Å². The number of carbonyl (C=O) groups excluding carboxylic acids is 2. The monoisotopic (exact) mass is 687 g/mol. The van der Waals surface area contributed by atoms with Gasteiger partial charge in [-0.2, -0.15) is 0 Å². The zero-order chi connectivity index (χ0) is 36.3. The fourth-order valence-corrected chi connectivity index (χ4v) is 6.96. The summed E-state index contributed by atoms with van der Waals surface area (Å²) < 4.78 is 0. The third-order valence-corrected chi connectivity index (χ3v) is 9.42. The Morgan fingerprint density at radius 2 is 0.635 bits per heavy atom. The minimum absolute atomic E-state index is 0.523. The third kappa shape index (κ3) is 8.34. The topological polar surface area (TPSA) is 122 Å². The molecule has 0 radical (unpaired) electrons. The first-order chi connectivity index (χ1) is 25.4. The zero-order valence-corrected chi connectivity index (χ0v) is 28.5. The lowest BCUT2D eigenvalue weighted by Gasteiger charge is -2.33. The van der Waals surface area contributed by atoms with Crippen LogP contribution in [0.4, 0.5) is 0 Å². The first-order valence-corrected chi connectivity index (χ1v) is 17.3. The van der Waals surface area contributed by atoms with E-state index in [1.165, 1.54) is 0 Å². The van der Waals surface area contributed by atoms with Gasteiger partial charge in [0.15, 0.2) is 0 Å². The van der Waals surface area contributed by atoms with Crippen LogP contribution in [0, 0.1) is 0 Å². The van der Waals surface area contributed by atoms with Crippen LogP contribution in [0.5, 0.6) is 0 Å². The second-order valence-electron chi connectivity index (χ2n) is 12.7. The van der Waals surface area contributed by atoms with E-state index in [2.05, 4.69) is 10.6 Å². The molecule has 7 heteroatoms. The van der Waals surface area contributed by atoms with Gasteiger partial charge in [-0.1, -0.05) is 182 Å². The number of hydrogen-bond donors (Lipinski definition) is 4. The maximum absolute atomic E-state index is 14.9. The van der Waals surface area contributed by atoms with Gasteiger partial charge in [-0.15, -0.1) is 0 Å². The number of nitrogens with two attached hydrogens (primary N) is 1. The zero-order valence-electron chi connectivity index (χ0n) is 28.5. The lowest BCUT2D eigenvalue weighted by Crippen LogP contribution is -2.58. The van der Waals surface area contributed by atoms with Gasteiger partial charge in [0.1, 0.15) is 12.1 Å². The van der Waals surface area contributed by atoms with E-state index in [9.17, 15) is 19.5 Å². The molecule has 0 saturated carbocycles. The van der Waals surface area contributed by atoms with Gasteiger partial charge in [0, 0.05) is 17.8 Å². The molecule has 5 N–H and O–H groups in total. The van der Waals surface area contributed by atoms with Crippen molar-refractivity contribution in [3.8, 4) is 0 Å². The predicted octanol–water partition coefficient (Wildman–Crippen LogP) is 6.86. The van der Waals surface area contributed by atoms with Crippen LogP contribution < -0.4 is 16.4 Å². The van der Waals surface area contributed by atoms with Gasteiger partial charge in [-0.25, -0.2) is 4.79 Å². The number of amides is 2. The van der Waals surface area contributed by atoms with Crippen LogP contribution in [0.2, 0.25) is 0 Å². The van der Waals surface area contributed by atoms with Crippen molar-refractivity contribution in [2.75, 3.05) is 0 Å². The molecule has 0 aliphatic heterocycles. The number of carbonyl (C=O) groups is 3. The summed E-state index contributed by atoms with van der Waals surface area (Å²) in [5.41, 5.74) is 11.5. The maximum atomic E-state index is 14.9. The number of nitrogens with one attached hydrogen (secondary N) is 2. The van der Waals surface area contributed by atoms with Crippen LogP contribution in [-0.2, 0) is 14.4 Å². The summed E-state index contributed by atoms with van der Waals surface area (Å²) in [6.07, 6.45) is 0. The largest absolute Gasteiger partial charge is 0.480 e. The highest BCUT2D eigenvalue weighted by molar-refractivity contribution is 5.94. The molecule has 7 nitrogen and oxygen atoms in total. The maximum Gasteiger partial charge on any atom is 0.327 e. The van der Waals surface area contributed by atoms with Crippen molar-refractivity contribution in [2.24, 2.45) is 5.73 Å². The highest BCUT2D eigenvalue weighted by atomic mass is 16.4. The summed E-state index contributed by atoms with van der Waals surface area (Å²) in [5.74, 6) is -4.35. The average Bonchev–Trinajstić information content (AvgIpc) is 3.20. The SMILES string of the molecule is N[C@H](C(=O)N[C@H](C(=O)N[C@H](C(=O)O)C(c1ccccc1)c1ccccc1)C(c1ccccc1)c1ccccc1)C(c1ccccc1)c1ccccc1. The van der Waals surface area contributed by atoms with E-state index in [0.717, 1.165) is 33.4 Å². The lowest BCUT2D eigenvalue weighted by molar-refractivity contribution is -0.142. The van der Waals surface area contributed by atoms with E-state index in [1.807, 2.05) is 182 Å². The van der Waals surface area contributed by atoms with Crippen molar-refractivity contribution in [3.05, 3.63) is 215 Å². The summed E-state index contributed by atoms with van der Waals surface area (Å²) in [5, 5.41) is 16.6. The fraction of sp³-hybridized carbons (Fsp3) is 0.133. The van der Waals surface area contributed by atoms with Gasteiger partial charge in [0.05, 0.1) is 6.04 Å². The Labute approximate surface area is 304 Å². The summed E-state index contributed by atoms with van der Waals surface area (Å²) in [6, 6.07) is 52.7. The molecule has 0 fully saturated rings. The molecule has 2 amide bonds. The number of carboxylic acid groups (broad SMARTS) is 1. The number of rotatable bonds is 14. The molecule has 260 valence electrons. The quantitative estimate of drug-likeness (QED) is 0.0997. The predicted molar refractivity (Wildman–Crippen MR) is 204 cm³/mol. The fourth-order valence-electron chi connectivity index (χ4n) is 6.96. The Morgan fingerprint density at radius 1 is 0.385 bits per heavy atom. The van der Waals surface area contributed by atoms with Gasteiger partial charge in [0.25, 0.3) is 0 Å². The smallest absolute Gasteiger partial charge is 0.327 e. The number of aliphatic carboxylic acids is 1. The molecule has 6 rings (SSSR count). The molecular formula is C45H41N3O4. The van der Waals surface area contributed by atoms with Crippen molar-refractivity contribution >= 4 is 17.8 Å². The number of hydrogen-bond acceptors (Lipinski definition) is 4. The highest BCUT2D eigenvalue weighted by Gasteiger charge is 2.39. The first-order valence-electron chi connectivity index (χ1n) is 17.3. The van der Waals surface area contributed by atoms with Crippen molar-refractivity contribution in [1.82, 2.24) is 10.6 Å². The van der Waals surface area contributed by atoms with Crippen LogP contribution in [0.25, 0.3) is 0 Å². The van der Waals surface area contributed by atoms with E-state index in [4.69, 9.17) is 5.73 Å². The van der Waals surface area contributed by atoms with Gasteiger partial charge < -0.3 is 21.5 Å². The van der Waals surface area contributed by atoms with E-state index >= 15 is 0 Å². The molecule has 0 spiro atoms. The molecule has 52 heavy (non-hydrogen) atoms. The summed E-state index contributed by atoms with van der Waals surface area (Å²) in [6.45, 7) is 0. The Kier molecular flexibility index (Phi) is 11.7. The Morgan fingerprint density at radius 3 is 0.923 bits per heavy atom. The van der Waals surface area contributed by atoms with E-state index in [0.29, 0.717) is 0 Å². The van der Waals surface area contributed by atoms with Crippen molar-refractivity contribution in [1.29, 1.82) is 0 Å². The second kappa shape index (κ2) is 17.1. The minimum atomic E-state index is -1.38. The Hall–Kier alpha value is -6.31. The average molecular weight is 688 g/mol. The summed E-state index contributed by atoms with van der Waals surface area (Å²) >= 11 is 0. The summed E-state index contributed by atoms with van der Waals surface area (Å²) in [7, 11) is 0. The molecular weight excluding hydrogens is 647 g/mol. The molecule has 0 aliphatic carbocycles. The molecule has 0 aliphatic rings. The molecule has 6 aromatic rings. The number of benzene rings is 6. The van der Waals surface area contributed by atoms with Crippen LogP contribution in [-0.4, -0.2) is 41.0 Å². The van der Waals surface area contributed by atoms with Gasteiger partial charge >= 0.3 is 5.97 Å². The molecule has 0 saturated heterocycles. The van der Waals surface area contributed by atoms with Crippen LogP contribution >= 0.6 is 0 Å². The number of carboxylic acids is 1. The van der Waals surface area contributed by atoms with E-state index in [1.54, 1.807) is 0 Å². The van der Waals surface area contributed by atoms with Crippen LogP contribution in [0.15, 0.2) is 182 Å². The standard InChI is InChI=1S/C45H41N3O4/c46-40(37(31-19-7-1-8-20-31)32-21-9-2-10-22-32)43(49)47-41(38(33-23-11-3-12-24-33)34-25-13-4-14-26-34)44(50)48-42(45(51)52)39(35-27-15-5-16-28-35)36-29-17-6-18-30-36/h1-30,37-42H,46H2,(H,47,49)(H,48,50)(H,51,52)/t40-,41-,42-/m0/s1. The lowest BCUT2D eigenvalue weighted by atomic mass is 9.82. The van der Waals surface area contributed by atoms with E-state index < -0.39 is 53.7 Å². The van der Waals surface area contributed by atoms with Gasteiger partial charge in [0.2, 0.25) is 11.8 Å². The third-order valence-electron chi connectivity index (χ3n) is 9.42. The highest BCUT2D eigenvalue weighted by Crippen LogP contribution is 2.33. The Balaban J connectivity index is 1.42. The minimum Gasteiger partial charge on any atom is -0.480 e. The van der Waals surface area contributed by atoms with Crippen molar-refractivity contribution in [3.63, 3.8) is 0 Å². The molecule has 0 unspecified atom stereocenters. The Bertz CT molecular complexity index is 1910. The molecule has 0 heterocycles. The summed E-state index contributed by atoms with van der Waals surface area (Å²) in [4.78, 5) is 42.5. The second-order valence-corrected chi connectivity index (χ2v) is 12.7. The first kappa shape index (κ1) is 35.5. The molecule has 3 atom stereocenters. The molecule has 0 bridgehead atoms. The molecule has 0 aromatic heterocycles. The van der Waals surface area contributed by atoms with Crippen molar-refractivity contribution in [2.45, 2.75) is 35.9 Å². The van der Waals surface area contributed by atoms with Crippen molar-refractivity contribution < 1.29 is 19.5 Å². The normalized spacial score (nSPS) is 12.9. The van der Waals surface area contributed by atoms with Gasteiger partial charge in [-0.3, -0.25) is 9.59 Å².